The molecular weight excluding hydrogens is 246 g/mol. The number of aliphatic imine (C=N–C) groups is 1. The van der Waals surface area contributed by atoms with Crippen LogP contribution in [-0.2, 0) is 6.54 Å². The second kappa shape index (κ2) is 4.24. The molecule has 1 N–H and O–H groups in total. The quantitative estimate of drug-likeness (QED) is 0.889. The molecular formula is C13H11N3O3. The topological polar surface area (TPSA) is 80.6 Å². The van der Waals surface area contributed by atoms with Gasteiger partial charge in [-0.25, -0.2) is 9.36 Å². The molecule has 2 aromatic rings. The summed E-state index contributed by atoms with van der Waals surface area (Å²) in [6, 6.07) is 1.82. The maximum Gasteiger partial charge on any atom is 0.422 e. The Labute approximate surface area is 108 Å². The molecule has 19 heavy (non-hydrogen) atoms. The number of hydrogen-bond donors (Lipinski definition) is 1. The zero-order chi connectivity index (χ0) is 13.4. The van der Waals surface area contributed by atoms with Crippen LogP contribution in [-0.4, -0.2) is 20.9 Å². The maximum atomic E-state index is 11.5. The Morgan fingerprint density at radius 1 is 1.53 bits per heavy atom. The highest BCUT2D eigenvalue weighted by molar-refractivity contribution is 6.21. The van der Waals surface area contributed by atoms with Gasteiger partial charge in [0.25, 0.3) is 0 Å². The Kier molecular flexibility index (Phi) is 2.56. The Morgan fingerprint density at radius 3 is 3.11 bits per heavy atom. The molecule has 0 atom stereocenters. The number of aromatic nitrogens is 2. The lowest BCUT2D eigenvalue weighted by Gasteiger charge is -1.98. The number of allylic oxidation sites excluding steroid dienone is 1. The lowest BCUT2D eigenvalue weighted by molar-refractivity contribution is 0.417. The molecule has 0 bridgehead atoms. The molecule has 2 aromatic heterocycles. The van der Waals surface area contributed by atoms with Crippen molar-refractivity contribution in [3.63, 3.8) is 0 Å². The van der Waals surface area contributed by atoms with Gasteiger partial charge in [-0.05, 0) is 19.1 Å². The Bertz CT molecular complexity index is 753. The predicted molar refractivity (Wildman–Crippen MR) is 70.6 cm³/mol. The normalized spacial score (nSPS) is 15.1. The molecule has 6 heteroatoms. The molecule has 3 rings (SSSR count). The molecule has 1 aliphatic rings. The molecule has 0 saturated heterocycles. The number of nitrogens with zero attached hydrogens (tertiary/aromatic N) is 3. The third-order valence-electron chi connectivity index (χ3n) is 2.95. The highest BCUT2D eigenvalue weighted by atomic mass is 16.4. The predicted octanol–water partition coefficient (Wildman–Crippen LogP) is 1.82. The first-order valence-corrected chi connectivity index (χ1v) is 5.83. The van der Waals surface area contributed by atoms with Crippen molar-refractivity contribution in [2.24, 2.45) is 4.99 Å². The first-order valence-electron chi connectivity index (χ1n) is 5.83. The molecule has 0 fully saturated rings. The summed E-state index contributed by atoms with van der Waals surface area (Å²) >= 11 is 0. The van der Waals surface area contributed by atoms with Gasteiger partial charge in [-0.2, -0.15) is 0 Å². The van der Waals surface area contributed by atoms with Crippen LogP contribution in [0.15, 0.2) is 32.7 Å². The largest absolute Gasteiger partial charge is 0.492 e. The summed E-state index contributed by atoms with van der Waals surface area (Å²) in [6.07, 6.45) is 6.56. The van der Waals surface area contributed by atoms with Crippen LogP contribution in [0.3, 0.4) is 0 Å². The Morgan fingerprint density at radius 2 is 2.37 bits per heavy atom. The number of oxazole rings is 1. The van der Waals surface area contributed by atoms with E-state index in [9.17, 15) is 9.90 Å². The third kappa shape index (κ3) is 1.77. The van der Waals surface area contributed by atoms with E-state index in [1.165, 1.54) is 0 Å². The summed E-state index contributed by atoms with van der Waals surface area (Å²) in [7, 11) is 0. The summed E-state index contributed by atoms with van der Waals surface area (Å²) in [5, 5.41) is 9.89. The molecule has 3 heterocycles. The zero-order valence-corrected chi connectivity index (χ0v) is 10.2. The summed E-state index contributed by atoms with van der Waals surface area (Å²) in [5.74, 6) is -0.606. The van der Waals surface area contributed by atoms with E-state index in [4.69, 9.17) is 4.42 Å². The molecule has 0 amide bonds. The van der Waals surface area contributed by atoms with Crippen LogP contribution in [0.2, 0.25) is 0 Å². The van der Waals surface area contributed by atoms with Gasteiger partial charge in [0.05, 0.1) is 11.9 Å². The number of hydrogen-bond acceptors (Lipinski definition) is 5. The van der Waals surface area contributed by atoms with Gasteiger partial charge in [0, 0.05) is 30.1 Å². The zero-order valence-electron chi connectivity index (χ0n) is 10.2. The highest BCUT2D eigenvalue weighted by Gasteiger charge is 2.16. The van der Waals surface area contributed by atoms with Crippen molar-refractivity contribution in [2.45, 2.75) is 13.5 Å². The average Bonchev–Trinajstić information content (AvgIpc) is 2.93. The minimum atomic E-state index is -0.572. The molecule has 0 aliphatic carbocycles. The number of fused-ring (bicyclic) bond motifs is 1. The highest BCUT2D eigenvalue weighted by Crippen LogP contribution is 2.32. The summed E-state index contributed by atoms with van der Waals surface area (Å²) in [5.41, 5.74) is 2.41. The smallest absolute Gasteiger partial charge is 0.422 e. The fourth-order valence-corrected chi connectivity index (χ4v) is 1.99. The summed E-state index contributed by atoms with van der Waals surface area (Å²) in [4.78, 5) is 19.6. The number of pyridine rings is 1. The van der Waals surface area contributed by atoms with Gasteiger partial charge in [0.15, 0.2) is 5.76 Å². The van der Waals surface area contributed by atoms with Crippen molar-refractivity contribution in [1.29, 1.82) is 0 Å². The minimum absolute atomic E-state index is 0.137. The van der Waals surface area contributed by atoms with Gasteiger partial charge in [0.2, 0.25) is 5.88 Å². The van der Waals surface area contributed by atoms with E-state index in [1.54, 1.807) is 31.6 Å². The molecule has 0 unspecified atom stereocenters. The van der Waals surface area contributed by atoms with Crippen LogP contribution in [0.4, 0.5) is 5.69 Å². The standard InChI is InChI=1S/C13H11N3O3/c1-2-16-12(17)11(19-13(16)18)5-8-6-15-10-7-14-4-3-9(8)10/h3-7,17H,2H2,1H3. The lowest BCUT2D eigenvalue weighted by atomic mass is 10.1. The number of aromatic hydroxyl groups is 1. The minimum Gasteiger partial charge on any atom is -0.492 e. The van der Waals surface area contributed by atoms with Crippen LogP contribution in [0.1, 0.15) is 18.2 Å². The summed E-state index contributed by atoms with van der Waals surface area (Å²) in [6.45, 7) is 2.11. The molecule has 0 spiro atoms. The lowest BCUT2D eigenvalue weighted by Crippen LogP contribution is -2.11. The second-order valence-electron chi connectivity index (χ2n) is 4.05. The van der Waals surface area contributed by atoms with E-state index >= 15 is 0 Å². The van der Waals surface area contributed by atoms with Crippen molar-refractivity contribution in [3.05, 3.63) is 40.3 Å². The second-order valence-corrected chi connectivity index (χ2v) is 4.05. The van der Waals surface area contributed by atoms with Gasteiger partial charge in [-0.1, -0.05) is 0 Å². The van der Waals surface area contributed by atoms with Gasteiger partial charge in [-0.3, -0.25) is 9.98 Å². The number of rotatable bonds is 2. The SMILES string of the molecule is CCn1c(O)c(C=C2C=Nc3cnccc32)oc1=O. The van der Waals surface area contributed by atoms with E-state index in [2.05, 4.69) is 9.98 Å². The van der Waals surface area contributed by atoms with E-state index in [1.807, 2.05) is 6.07 Å². The van der Waals surface area contributed by atoms with E-state index in [0.717, 1.165) is 21.4 Å². The van der Waals surface area contributed by atoms with Crippen molar-refractivity contribution in [2.75, 3.05) is 0 Å². The average molecular weight is 257 g/mol. The van der Waals surface area contributed by atoms with E-state index < -0.39 is 5.76 Å². The monoisotopic (exact) mass is 257 g/mol. The third-order valence-corrected chi connectivity index (χ3v) is 2.95. The molecule has 0 radical (unpaired) electrons. The Hall–Kier alpha value is -2.63. The molecule has 1 aliphatic heterocycles. The molecule has 6 nitrogen and oxygen atoms in total. The first-order chi connectivity index (χ1) is 9.20. The van der Waals surface area contributed by atoms with Crippen LogP contribution in [0, 0.1) is 0 Å². The molecule has 0 aromatic carbocycles. The Balaban J connectivity index is 2.10. The van der Waals surface area contributed by atoms with Gasteiger partial charge in [0.1, 0.15) is 0 Å². The van der Waals surface area contributed by atoms with Gasteiger partial charge < -0.3 is 9.52 Å². The molecule has 0 saturated carbocycles. The van der Waals surface area contributed by atoms with Crippen molar-refractivity contribution in [3.8, 4) is 5.88 Å². The van der Waals surface area contributed by atoms with Crippen LogP contribution in [0.25, 0.3) is 11.6 Å². The van der Waals surface area contributed by atoms with E-state index in [-0.39, 0.29) is 11.6 Å². The fourth-order valence-electron chi connectivity index (χ4n) is 1.99. The maximum absolute atomic E-state index is 11.5. The van der Waals surface area contributed by atoms with Crippen LogP contribution < -0.4 is 5.76 Å². The van der Waals surface area contributed by atoms with Gasteiger partial charge >= 0.3 is 5.76 Å². The summed E-state index contributed by atoms with van der Waals surface area (Å²) < 4.78 is 6.18. The van der Waals surface area contributed by atoms with Crippen LogP contribution >= 0.6 is 0 Å². The van der Waals surface area contributed by atoms with Gasteiger partial charge in [-0.15, -0.1) is 0 Å². The fraction of sp³-hybridized carbons (Fsp3) is 0.154. The van der Waals surface area contributed by atoms with Crippen molar-refractivity contribution in [1.82, 2.24) is 9.55 Å². The van der Waals surface area contributed by atoms with Crippen LogP contribution in [0.5, 0.6) is 5.88 Å². The van der Waals surface area contributed by atoms with E-state index in [0.29, 0.717) is 6.54 Å². The first kappa shape index (κ1) is 11.5. The van der Waals surface area contributed by atoms with Crippen molar-refractivity contribution >= 4 is 23.6 Å². The van der Waals surface area contributed by atoms with Crippen molar-refractivity contribution < 1.29 is 9.52 Å². The molecule has 96 valence electrons.